The van der Waals surface area contributed by atoms with Crippen LogP contribution in [0.1, 0.15) is 33.1 Å². The highest BCUT2D eigenvalue weighted by Gasteiger charge is 2.25. The molecule has 1 aliphatic rings. The van der Waals surface area contributed by atoms with E-state index in [1.807, 2.05) is 0 Å². The molecule has 0 saturated heterocycles. The molecule has 11 heavy (non-hydrogen) atoms. The van der Waals surface area contributed by atoms with E-state index in [0.717, 1.165) is 19.3 Å². The van der Waals surface area contributed by atoms with Crippen molar-refractivity contribution in [2.75, 3.05) is 0 Å². The molecule has 0 amide bonds. The summed E-state index contributed by atoms with van der Waals surface area (Å²) in [5.41, 5.74) is 0. The maximum atomic E-state index is 9.62. The lowest BCUT2D eigenvalue weighted by atomic mass is 9.79. The lowest BCUT2D eigenvalue weighted by Gasteiger charge is -2.30. The van der Waals surface area contributed by atoms with E-state index < -0.39 is 0 Å². The molecule has 0 fully saturated rings. The Balaban J connectivity index is 2.61. The normalized spacial score (nSPS) is 37.5. The fourth-order valence-corrected chi connectivity index (χ4v) is 2.01. The molecule has 0 aromatic rings. The van der Waals surface area contributed by atoms with Crippen molar-refractivity contribution in [1.29, 1.82) is 0 Å². The molecule has 0 spiro atoms. The van der Waals surface area contributed by atoms with Crippen molar-refractivity contribution in [2.24, 2.45) is 11.8 Å². The van der Waals surface area contributed by atoms with Gasteiger partial charge < -0.3 is 5.11 Å². The quantitative estimate of drug-likeness (QED) is 0.605. The minimum absolute atomic E-state index is 0.0880. The van der Waals surface area contributed by atoms with Crippen LogP contribution in [-0.4, -0.2) is 11.2 Å². The van der Waals surface area contributed by atoms with Gasteiger partial charge >= 0.3 is 0 Å². The molecule has 3 atom stereocenters. The van der Waals surface area contributed by atoms with Gasteiger partial charge in [-0.3, -0.25) is 0 Å². The van der Waals surface area contributed by atoms with Crippen LogP contribution in [0.4, 0.5) is 0 Å². The van der Waals surface area contributed by atoms with Crippen molar-refractivity contribution < 1.29 is 5.11 Å². The van der Waals surface area contributed by atoms with E-state index in [9.17, 15) is 5.11 Å². The summed E-state index contributed by atoms with van der Waals surface area (Å²) in [6.45, 7) is 4.35. The van der Waals surface area contributed by atoms with Crippen molar-refractivity contribution in [3.63, 3.8) is 0 Å². The SMILES string of the molecule is CCC1C=CCC(O)C1CC. The van der Waals surface area contributed by atoms with E-state index in [2.05, 4.69) is 26.0 Å². The zero-order valence-electron chi connectivity index (χ0n) is 7.46. The van der Waals surface area contributed by atoms with Gasteiger partial charge in [-0.1, -0.05) is 32.4 Å². The Morgan fingerprint density at radius 1 is 1.36 bits per heavy atom. The first kappa shape index (κ1) is 8.79. The summed E-state index contributed by atoms with van der Waals surface area (Å²) in [6.07, 6.45) is 7.41. The van der Waals surface area contributed by atoms with Crippen LogP contribution in [0.2, 0.25) is 0 Å². The van der Waals surface area contributed by atoms with E-state index in [-0.39, 0.29) is 6.10 Å². The van der Waals surface area contributed by atoms with E-state index in [0.29, 0.717) is 11.8 Å². The first-order valence-corrected chi connectivity index (χ1v) is 4.64. The second-order valence-electron chi connectivity index (χ2n) is 3.38. The third-order valence-corrected chi connectivity index (χ3v) is 2.75. The molecule has 0 heterocycles. The van der Waals surface area contributed by atoms with Crippen molar-refractivity contribution in [1.82, 2.24) is 0 Å². The Hall–Kier alpha value is -0.300. The predicted molar refractivity (Wildman–Crippen MR) is 47.3 cm³/mol. The molecule has 1 aliphatic carbocycles. The third kappa shape index (κ3) is 1.84. The molecule has 1 heteroatoms. The number of allylic oxidation sites excluding steroid dienone is 1. The standard InChI is InChI=1S/C10H18O/c1-3-8-6-5-7-10(11)9(8)4-2/h5-6,8-11H,3-4,7H2,1-2H3. The van der Waals surface area contributed by atoms with Crippen molar-refractivity contribution in [3.8, 4) is 0 Å². The molecule has 64 valence electrons. The van der Waals surface area contributed by atoms with E-state index in [1.165, 1.54) is 0 Å². The van der Waals surface area contributed by atoms with Gasteiger partial charge in [0, 0.05) is 0 Å². The van der Waals surface area contributed by atoms with Gasteiger partial charge in [0.1, 0.15) is 0 Å². The van der Waals surface area contributed by atoms with Crippen LogP contribution in [-0.2, 0) is 0 Å². The van der Waals surface area contributed by atoms with Gasteiger partial charge in [0.15, 0.2) is 0 Å². The number of hydrogen-bond acceptors (Lipinski definition) is 1. The van der Waals surface area contributed by atoms with Gasteiger partial charge in [0.05, 0.1) is 6.10 Å². The Bertz CT molecular complexity index is 140. The smallest absolute Gasteiger partial charge is 0.0608 e. The van der Waals surface area contributed by atoms with Gasteiger partial charge in [-0.25, -0.2) is 0 Å². The number of hydrogen-bond donors (Lipinski definition) is 1. The van der Waals surface area contributed by atoms with E-state index in [4.69, 9.17) is 0 Å². The third-order valence-electron chi connectivity index (χ3n) is 2.75. The first-order valence-electron chi connectivity index (χ1n) is 4.64. The molecule has 1 N–H and O–H groups in total. The Kier molecular flexibility index (Phi) is 3.13. The molecule has 1 rings (SSSR count). The van der Waals surface area contributed by atoms with Crippen LogP contribution in [0.5, 0.6) is 0 Å². The number of rotatable bonds is 2. The van der Waals surface area contributed by atoms with Gasteiger partial charge in [0.2, 0.25) is 0 Å². The van der Waals surface area contributed by atoms with Gasteiger partial charge in [0.25, 0.3) is 0 Å². The highest BCUT2D eigenvalue weighted by molar-refractivity contribution is 4.99. The summed E-state index contributed by atoms with van der Waals surface area (Å²) < 4.78 is 0. The zero-order valence-corrected chi connectivity index (χ0v) is 7.46. The highest BCUT2D eigenvalue weighted by Crippen LogP contribution is 2.29. The van der Waals surface area contributed by atoms with E-state index in [1.54, 1.807) is 0 Å². The first-order chi connectivity index (χ1) is 5.29. The van der Waals surface area contributed by atoms with Gasteiger partial charge in [-0.05, 0) is 24.7 Å². The topological polar surface area (TPSA) is 20.2 Å². The molecule has 3 unspecified atom stereocenters. The summed E-state index contributed by atoms with van der Waals surface area (Å²) in [5.74, 6) is 1.12. The maximum absolute atomic E-state index is 9.62. The largest absolute Gasteiger partial charge is 0.392 e. The molecule has 0 saturated carbocycles. The molecule has 0 aromatic carbocycles. The van der Waals surface area contributed by atoms with E-state index >= 15 is 0 Å². The van der Waals surface area contributed by atoms with Gasteiger partial charge in [-0.2, -0.15) is 0 Å². The van der Waals surface area contributed by atoms with Crippen LogP contribution in [0, 0.1) is 11.8 Å². The highest BCUT2D eigenvalue weighted by atomic mass is 16.3. The summed E-state index contributed by atoms with van der Waals surface area (Å²) in [6, 6.07) is 0. The number of aliphatic hydroxyl groups is 1. The molecular weight excluding hydrogens is 136 g/mol. The minimum atomic E-state index is -0.0880. The summed E-state index contributed by atoms with van der Waals surface area (Å²) >= 11 is 0. The van der Waals surface area contributed by atoms with Crippen LogP contribution in [0.25, 0.3) is 0 Å². The Labute approximate surface area is 69.1 Å². The lowest BCUT2D eigenvalue weighted by Crippen LogP contribution is -2.28. The molecule has 1 nitrogen and oxygen atoms in total. The molecule has 0 aromatic heterocycles. The van der Waals surface area contributed by atoms with Gasteiger partial charge in [-0.15, -0.1) is 0 Å². The average Bonchev–Trinajstić information content (AvgIpc) is 2.04. The Morgan fingerprint density at radius 3 is 2.55 bits per heavy atom. The van der Waals surface area contributed by atoms with Crippen LogP contribution in [0.3, 0.4) is 0 Å². The predicted octanol–water partition coefficient (Wildman–Crippen LogP) is 2.36. The van der Waals surface area contributed by atoms with Crippen LogP contribution >= 0.6 is 0 Å². The summed E-state index contributed by atoms with van der Waals surface area (Å²) in [5, 5.41) is 9.62. The second kappa shape index (κ2) is 3.91. The maximum Gasteiger partial charge on any atom is 0.0608 e. The molecular formula is C10H18O. The van der Waals surface area contributed by atoms with Crippen LogP contribution < -0.4 is 0 Å². The molecule has 0 aliphatic heterocycles. The second-order valence-corrected chi connectivity index (χ2v) is 3.38. The average molecular weight is 154 g/mol. The van der Waals surface area contributed by atoms with Crippen LogP contribution in [0.15, 0.2) is 12.2 Å². The monoisotopic (exact) mass is 154 g/mol. The summed E-state index contributed by atoms with van der Waals surface area (Å²) in [4.78, 5) is 0. The van der Waals surface area contributed by atoms with Crippen molar-refractivity contribution >= 4 is 0 Å². The van der Waals surface area contributed by atoms with Crippen molar-refractivity contribution in [2.45, 2.75) is 39.2 Å². The lowest BCUT2D eigenvalue weighted by molar-refractivity contribution is 0.0756. The zero-order chi connectivity index (χ0) is 8.27. The Morgan fingerprint density at radius 2 is 2.09 bits per heavy atom. The number of aliphatic hydroxyl groups excluding tert-OH is 1. The molecule has 0 bridgehead atoms. The van der Waals surface area contributed by atoms with Crippen molar-refractivity contribution in [3.05, 3.63) is 12.2 Å². The fourth-order valence-electron chi connectivity index (χ4n) is 2.01. The minimum Gasteiger partial charge on any atom is -0.392 e. The summed E-state index contributed by atoms with van der Waals surface area (Å²) in [7, 11) is 0. The fraction of sp³-hybridized carbons (Fsp3) is 0.800. The molecule has 0 radical (unpaired) electrons.